The maximum Gasteiger partial charge on any atom is 0.338 e. The van der Waals surface area contributed by atoms with E-state index < -0.39 is 5.97 Å². The summed E-state index contributed by atoms with van der Waals surface area (Å²) in [6, 6.07) is 6.17. The largest absolute Gasteiger partial charge is 0.493 e. The Morgan fingerprint density at radius 2 is 2.00 bits per heavy atom. The van der Waals surface area contributed by atoms with Gasteiger partial charge in [-0.3, -0.25) is 0 Å². The molecule has 0 radical (unpaired) electrons. The topological polar surface area (TPSA) is 75.5 Å². The summed E-state index contributed by atoms with van der Waals surface area (Å²) >= 11 is 0. The molecule has 1 aromatic carbocycles. The number of carboxylic acids is 1. The minimum atomic E-state index is -1.03. The first-order chi connectivity index (χ1) is 12.5. The first kappa shape index (κ1) is 18.2. The SMILES string of the molecule is CCN(c1ccc(C(C)C)c(OCC2CC2)c1)c1ncc(C(=O)O)cn1. The zero-order chi connectivity index (χ0) is 18.7. The lowest BCUT2D eigenvalue weighted by atomic mass is 10.0. The van der Waals surface area contributed by atoms with E-state index in [1.54, 1.807) is 0 Å². The summed E-state index contributed by atoms with van der Waals surface area (Å²) in [6.45, 7) is 7.75. The number of carbonyl (C=O) groups is 1. The maximum atomic E-state index is 11.0. The molecule has 1 N–H and O–H groups in total. The molecule has 3 rings (SSSR count). The summed E-state index contributed by atoms with van der Waals surface area (Å²) in [5, 5.41) is 9.01. The number of rotatable bonds is 8. The van der Waals surface area contributed by atoms with Gasteiger partial charge in [-0.05, 0) is 43.2 Å². The highest BCUT2D eigenvalue weighted by molar-refractivity contribution is 5.86. The molecule has 0 unspecified atom stereocenters. The zero-order valence-corrected chi connectivity index (χ0v) is 15.5. The van der Waals surface area contributed by atoms with Crippen molar-refractivity contribution in [1.82, 2.24) is 9.97 Å². The van der Waals surface area contributed by atoms with E-state index in [-0.39, 0.29) is 5.56 Å². The molecule has 1 heterocycles. The van der Waals surface area contributed by atoms with Gasteiger partial charge in [-0.1, -0.05) is 19.9 Å². The van der Waals surface area contributed by atoms with Crippen molar-refractivity contribution in [3.05, 3.63) is 41.7 Å². The van der Waals surface area contributed by atoms with Crippen LogP contribution in [0, 0.1) is 5.92 Å². The van der Waals surface area contributed by atoms with E-state index in [0.29, 0.717) is 24.3 Å². The number of aromatic nitrogens is 2. The van der Waals surface area contributed by atoms with Crippen LogP contribution in [0.15, 0.2) is 30.6 Å². The van der Waals surface area contributed by atoms with Crippen molar-refractivity contribution < 1.29 is 14.6 Å². The molecule has 6 heteroatoms. The van der Waals surface area contributed by atoms with Crippen LogP contribution in [0.1, 0.15) is 55.5 Å². The molecule has 6 nitrogen and oxygen atoms in total. The number of ether oxygens (including phenoxy) is 1. The molecule has 0 bridgehead atoms. The molecular formula is C20H25N3O3. The van der Waals surface area contributed by atoms with Crippen LogP contribution in [-0.4, -0.2) is 34.2 Å². The van der Waals surface area contributed by atoms with E-state index in [1.807, 2.05) is 24.0 Å². The molecule has 0 saturated heterocycles. The van der Waals surface area contributed by atoms with Gasteiger partial charge in [0.2, 0.25) is 5.95 Å². The highest BCUT2D eigenvalue weighted by Crippen LogP contribution is 2.35. The van der Waals surface area contributed by atoms with E-state index in [0.717, 1.165) is 18.0 Å². The lowest BCUT2D eigenvalue weighted by Gasteiger charge is -2.23. The fraction of sp³-hybridized carbons (Fsp3) is 0.450. The van der Waals surface area contributed by atoms with Crippen molar-refractivity contribution in [3.63, 3.8) is 0 Å². The fourth-order valence-electron chi connectivity index (χ4n) is 2.80. The van der Waals surface area contributed by atoms with Crippen LogP contribution < -0.4 is 9.64 Å². The van der Waals surface area contributed by atoms with E-state index in [9.17, 15) is 4.79 Å². The summed E-state index contributed by atoms with van der Waals surface area (Å²) in [5.74, 6) is 1.41. The van der Waals surface area contributed by atoms with Gasteiger partial charge in [-0.25, -0.2) is 14.8 Å². The third-order valence-corrected chi connectivity index (χ3v) is 4.55. The normalized spacial score (nSPS) is 13.7. The Morgan fingerprint density at radius 1 is 1.31 bits per heavy atom. The van der Waals surface area contributed by atoms with Crippen LogP contribution in [0.2, 0.25) is 0 Å². The van der Waals surface area contributed by atoms with Crippen molar-refractivity contribution in [2.24, 2.45) is 5.92 Å². The molecule has 138 valence electrons. The van der Waals surface area contributed by atoms with Crippen molar-refractivity contribution in [3.8, 4) is 5.75 Å². The van der Waals surface area contributed by atoms with Gasteiger partial charge in [0, 0.05) is 30.7 Å². The van der Waals surface area contributed by atoms with Gasteiger partial charge >= 0.3 is 5.97 Å². The first-order valence-electron chi connectivity index (χ1n) is 9.09. The summed E-state index contributed by atoms with van der Waals surface area (Å²) in [7, 11) is 0. The molecule has 2 aromatic rings. The van der Waals surface area contributed by atoms with Gasteiger partial charge in [0.25, 0.3) is 0 Å². The predicted molar refractivity (Wildman–Crippen MR) is 100 cm³/mol. The number of anilines is 2. The van der Waals surface area contributed by atoms with Crippen LogP contribution >= 0.6 is 0 Å². The van der Waals surface area contributed by atoms with Crippen LogP contribution in [-0.2, 0) is 0 Å². The fourth-order valence-corrected chi connectivity index (χ4v) is 2.80. The zero-order valence-electron chi connectivity index (χ0n) is 15.5. The van der Waals surface area contributed by atoms with Gasteiger partial charge in [0.05, 0.1) is 12.2 Å². The predicted octanol–water partition coefficient (Wildman–Crippen LogP) is 4.25. The average Bonchev–Trinajstić information content (AvgIpc) is 3.45. The highest BCUT2D eigenvalue weighted by Gasteiger charge is 2.23. The molecule has 1 fully saturated rings. The van der Waals surface area contributed by atoms with E-state index in [4.69, 9.17) is 9.84 Å². The minimum Gasteiger partial charge on any atom is -0.493 e. The second-order valence-corrected chi connectivity index (χ2v) is 6.95. The number of carboxylic acid groups (broad SMARTS) is 1. The summed E-state index contributed by atoms with van der Waals surface area (Å²) in [5.41, 5.74) is 2.20. The van der Waals surface area contributed by atoms with E-state index in [2.05, 4.69) is 29.9 Å². The van der Waals surface area contributed by atoms with E-state index >= 15 is 0 Å². The Hall–Kier alpha value is -2.63. The Kier molecular flexibility index (Phi) is 5.40. The van der Waals surface area contributed by atoms with Crippen LogP contribution in [0.3, 0.4) is 0 Å². The van der Waals surface area contributed by atoms with Gasteiger partial charge in [0.1, 0.15) is 5.75 Å². The summed E-state index contributed by atoms with van der Waals surface area (Å²) < 4.78 is 6.10. The summed E-state index contributed by atoms with van der Waals surface area (Å²) in [4.78, 5) is 21.4. The number of hydrogen-bond donors (Lipinski definition) is 1. The molecule has 0 amide bonds. The molecule has 0 aliphatic heterocycles. The number of hydrogen-bond acceptors (Lipinski definition) is 5. The van der Waals surface area contributed by atoms with Crippen LogP contribution in [0.5, 0.6) is 5.75 Å². The third kappa shape index (κ3) is 4.12. The Bertz CT molecular complexity index is 770. The van der Waals surface area contributed by atoms with Crippen LogP contribution in [0.25, 0.3) is 0 Å². The number of nitrogens with zero attached hydrogens (tertiary/aromatic N) is 3. The smallest absolute Gasteiger partial charge is 0.338 e. The molecule has 26 heavy (non-hydrogen) atoms. The molecular weight excluding hydrogens is 330 g/mol. The van der Waals surface area contributed by atoms with Crippen LogP contribution in [0.4, 0.5) is 11.6 Å². The van der Waals surface area contributed by atoms with Gasteiger partial charge < -0.3 is 14.7 Å². The Morgan fingerprint density at radius 3 is 2.54 bits per heavy atom. The number of benzene rings is 1. The molecule has 0 spiro atoms. The lowest BCUT2D eigenvalue weighted by molar-refractivity contribution is 0.0696. The van der Waals surface area contributed by atoms with Crippen molar-refractivity contribution in [2.75, 3.05) is 18.1 Å². The van der Waals surface area contributed by atoms with Gasteiger partial charge in [0.15, 0.2) is 0 Å². The molecule has 1 aromatic heterocycles. The van der Waals surface area contributed by atoms with Gasteiger partial charge in [-0.15, -0.1) is 0 Å². The molecule has 1 aliphatic rings. The second kappa shape index (κ2) is 7.72. The highest BCUT2D eigenvalue weighted by atomic mass is 16.5. The molecule has 1 aliphatic carbocycles. The lowest BCUT2D eigenvalue weighted by Crippen LogP contribution is -2.19. The average molecular weight is 355 g/mol. The van der Waals surface area contributed by atoms with Gasteiger partial charge in [-0.2, -0.15) is 0 Å². The molecule has 0 atom stereocenters. The van der Waals surface area contributed by atoms with E-state index in [1.165, 1.54) is 30.8 Å². The number of aromatic carboxylic acids is 1. The van der Waals surface area contributed by atoms with Crippen molar-refractivity contribution in [1.29, 1.82) is 0 Å². The minimum absolute atomic E-state index is 0.0772. The standard InChI is InChI=1S/C20H25N3O3/c1-4-23(20-21-10-15(11-22-20)19(24)25)16-7-8-17(13(2)3)18(9-16)26-12-14-5-6-14/h7-11,13-14H,4-6,12H2,1-3H3,(H,24,25). The maximum absolute atomic E-state index is 11.0. The monoisotopic (exact) mass is 355 g/mol. The first-order valence-corrected chi connectivity index (χ1v) is 9.09. The Balaban J connectivity index is 1.89. The second-order valence-electron chi connectivity index (χ2n) is 6.95. The third-order valence-electron chi connectivity index (χ3n) is 4.55. The van der Waals surface area contributed by atoms with Crippen molar-refractivity contribution in [2.45, 2.75) is 39.5 Å². The molecule has 1 saturated carbocycles. The van der Waals surface area contributed by atoms with Crippen molar-refractivity contribution >= 4 is 17.6 Å². The quantitative estimate of drug-likeness (QED) is 0.763. The Labute approximate surface area is 153 Å². The summed E-state index contributed by atoms with van der Waals surface area (Å²) in [6.07, 6.45) is 5.17.